The summed E-state index contributed by atoms with van der Waals surface area (Å²) in [6.45, 7) is -0.0417. The zero-order valence-corrected chi connectivity index (χ0v) is 10.4. The highest BCUT2D eigenvalue weighted by Gasteiger charge is 2.16. The molecule has 2 rings (SSSR count). The molecule has 9 heteroatoms. The number of hydrogen-bond acceptors (Lipinski definition) is 3. The lowest BCUT2D eigenvalue weighted by Crippen LogP contribution is -2.13. The minimum absolute atomic E-state index is 0.0336. The van der Waals surface area contributed by atoms with Gasteiger partial charge in [0.2, 0.25) is 0 Å². The lowest BCUT2D eigenvalue weighted by Gasteiger charge is -2.06. The Kier molecular flexibility index (Phi) is 3.58. The van der Waals surface area contributed by atoms with E-state index in [1.807, 2.05) is 0 Å². The van der Waals surface area contributed by atoms with Gasteiger partial charge in [-0.05, 0) is 12.2 Å². The fourth-order valence-electron chi connectivity index (χ4n) is 1.47. The summed E-state index contributed by atoms with van der Waals surface area (Å²) in [5.41, 5.74) is -0.365. The average molecular weight is 293 g/mol. The monoisotopic (exact) mass is 292 g/mol. The molecule has 0 aliphatic rings. The molecule has 2 heterocycles. The maximum absolute atomic E-state index is 12.7. The minimum atomic E-state index is -2.70. The first-order valence-electron chi connectivity index (χ1n) is 4.79. The third kappa shape index (κ3) is 2.82. The first kappa shape index (κ1) is 12.9. The Labute approximate surface area is 109 Å². The molecule has 0 atom stereocenters. The Morgan fingerprint density at radius 2 is 2.17 bits per heavy atom. The molecule has 0 radical (unpaired) electrons. The zero-order chi connectivity index (χ0) is 13.3. The number of H-pyrrole nitrogens is 2. The van der Waals surface area contributed by atoms with Crippen LogP contribution in [0.25, 0.3) is 0 Å². The molecule has 0 spiro atoms. The summed E-state index contributed by atoms with van der Waals surface area (Å²) < 4.78 is 26.5. The average Bonchev–Trinajstić information content (AvgIpc) is 2.57. The molecule has 0 saturated carbocycles. The lowest BCUT2D eigenvalue weighted by molar-refractivity contribution is 0.139. The largest absolute Gasteiger partial charge is 0.334 e. The number of halogens is 3. The van der Waals surface area contributed by atoms with Gasteiger partial charge in [-0.2, -0.15) is 5.10 Å². The van der Waals surface area contributed by atoms with Gasteiger partial charge in [-0.25, -0.2) is 8.78 Å². The van der Waals surface area contributed by atoms with Gasteiger partial charge in [0, 0.05) is 17.8 Å². The van der Waals surface area contributed by atoms with Crippen molar-refractivity contribution in [2.45, 2.75) is 13.0 Å². The van der Waals surface area contributed by atoms with E-state index in [1.54, 1.807) is 0 Å². The van der Waals surface area contributed by atoms with E-state index in [0.717, 1.165) is 10.7 Å². The fraction of sp³-hybridized carbons (Fsp3) is 0.222. The van der Waals surface area contributed by atoms with Gasteiger partial charge in [-0.3, -0.25) is 14.5 Å². The molecule has 2 N–H and O–H groups in total. The standard InChI is InChI=1S/C9H7ClF2N4OS/c10-6-2-5(8(11)12)16(15-6)3-4-1-7(17)14-9(18)13-4/h1-2,8H,3H2,(H2,13,14,17,18). The molecule has 96 valence electrons. The van der Waals surface area contributed by atoms with E-state index in [2.05, 4.69) is 15.1 Å². The Morgan fingerprint density at radius 3 is 2.78 bits per heavy atom. The molecule has 0 aliphatic heterocycles. The zero-order valence-electron chi connectivity index (χ0n) is 8.78. The second kappa shape index (κ2) is 4.99. The van der Waals surface area contributed by atoms with Crippen LogP contribution < -0.4 is 5.56 Å². The topological polar surface area (TPSA) is 66.5 Å². The summed E-state index contributed by atoms with van der Waals surface area (Å²) in [4.78, 5) is 16.2. The number of nitrogens with one attached hydrogen (secondary N) is 2. The SMILES string of the molecule is O=c1cc(Cn2nc(Cl)cc2C(F)F)[nH]c(=S)[nH]1. The molecule has 0 fully saturated rings. The second-order valence-corrected chi connectivity index (χ2v) is 4.26. The third-order valence-electron chi connectivity index (χ3n) is 2.14. The summed E-state index contributed by atoms with van der Waals surface area (Å²) in [7, 11) is 0. The van der Waals surface area contributed by atoms with Gasteiger partial charge in [0.15, 0.2) is 9.92 Å². The van der Waals surface area contributed by atoms with Gasteiger partial charge in [-0.15, -0.1) is 0 Å². The number of nitrogens with zero attached hydrogens (tertiary/aromatic N) is 2. The summed E-state index contributed by atoms with van der Waals surface area (Å²) in [6, 6.07) is 2.30. The van der Waals surface area contributed by atoms with Crippen molar-refractivity contribution >= 4 is 23.8 Å². The molecule has 0 saturated heterocycles. The maximum atomic E-state index is 12.7. The summed E-state index contributed by atoms with van der Waals surface area (Å²) in [6.07, 6.45) is -2.70. The van der Waals surface area contributed by atoms with Crippen LogP contribution in [0.2, 0.25) is 5.15 Å². The van der Waals surface area contributed by atoms with Crippen molar-refractivity contribution in [1.82, 2.24) is 19.7 Å². The van der Waals surface area contributed by atoms with Gasteiger partial charge >= 0.3 is 0 Å². The van der Waals surface area contributed by atoms with Crippen LogP contribution in [0.15, 0.2) is 16.9 Å². The quantitative estimate of drug-likeness (QED) is 0.853. The van der Waals surface area contributed by atoms with E-state index < -0.39 is 12.0 Å². The van der Waals surface area contributed by atoms with Crippen molar-refractivity contribution in [1.29, 1.82) is 0 Å². The Morgan fingerprint density at radius 1 is 1.44 bits per heavy atom. The molecule has 2 aromatic rings. The van der Waals surface area contributed by atoms with E-state index >= 15 is 0 Å². The molecule has 0 bridgehead atoms. The molecule has 0 aromatic carbocycles. The van der Waals surface area contributed by atoms with Crippen molar-refractivity contribution in [3.8, 4) is 0 Å². The van der Waals surface area contributed by atoms with Gasteiger partial charge in [0.25, 0.3) is 12.0 Å². The van der Waals surface area contributed by atoms with Crippen molar-refractivity contribution in [3.05, 3.63) is 43.8 Å². The van der Waals surface area contributed by atoms with Crippen LogP contribution >= 0.6 is 23.8 Å². The number of aromatic nitrogens is 4. The van der Waals surface area contributed by atoms with Crippen LogP contribution in [-0.2, 0) is 6.54 Å². The number of alkyl halides is 2. The summed E-state index contributed by atoms with van der Waals surface area (Å²) in [5, 5.41) is 3.69. The number of hydrogen-bond donors (Lipinski definition) is 2. The normalized spacial score (nSPS) is 11.1. The third-order valence-corrected chi connectivity index (χ3v) is 2.53. The van der Waals surface area contributed by atoms with Crippen molar-refractivity contribution in [2.24, 2.45) is 0 Å². The molecule has 18 heavy (non-hydrogen) atoms. The summed E-state index contributed by atoms with van der Waals surface area (Å²) >= 11 is 10.4. The molecule has 5 nitrogen and oxygen atoms in total. The highest BCUT2D eigenvalue weighted by molar-refractivity contribution is 7.71. The van der Waals surface area contributed by atoms with Crippen LogP contribution in [0.4, 0.5) is 8.78 Å². The van der Waals surface area contributed by atoms with Crippen LogP contribution in [-0.4, -0.2) is 19.7 Å². The van der Waals surface area contributed by atoms with Crippen LogP contribution in [0.3, 0.4) is 0 Å². The Hall–Kier alpha value is -1.54. The highest BCUT2D eigenvalue weighted by atomic mass is 35.5. The van der Waals surface area contributed by atoms with E-state index in [0.29, 0.717) is 5.69 Å². The molecule has 2 aromatic heterocycles. The molecule has 0 unspecified atom stereocenters. The fourth-order valence-corrected chi connectivity index (χ4v) is 1.90. The van der Waals surface area contributed by atoms with Gasteiger partial charge in [0.05, 0.1) is 6.54 Å². The van der Waals surface area contributed by atoms with Crippen molar-refractivity contribution < 1.29 is 8.78 Å². The molecule has 0 amide bonds. The van der Waals surface area contributed by atoms with E-state index in [1.165, 1.54) is 6.07 Å². The Bertz CT molecular complexity index is 649. The first-order valence-corrected chi connectivity index (χ1v) is 5.58. The van der Waals surface area contributed by atoms with Crippen LogP contribution in [0, 0.1) is 4.77 Å². The summed E-state index contributed by atoms with van der Waals surface area (Å²) in [5.74, 6) is 0. The predicted octanol–water partition coefficient (Wildman–Crippen LogP) is 2.27. The number of rotatable bonds is 3. The minimum Gasteiger partial charge on any atom is -0.334 e. The predicted molar refractivity (Wildman–Crippen MR) is 63.5 cm³/mol. The number of aromatic amines is 2. The maximum Gasteiger partial charge on any atom is 0.280 e. The van der Waals surface area contributed by atoms with E-state index in [-0.39, 0.29) is 22.2 Å². The van der Waals surface area contributed by atoms with Crippen molar-refractivity contribution in [2.75, 3.05) is 0 Å². The first-order chi connectivity index (χ1) is 8.45. The van der Waals surface area contributed by atoms with E-state index in [9.17, 15) is 13.6 Å². The molecule has 0 aliphatic carbocycles. The van der Waals surface area contributed by atoms with E-state index in [4.69, 9.17) is 23.8 Å². The van der Waals surface area contributed by atoms with Crippen LogP contribution in [0.5, 0.6) is 0 Å². The van der Waals surface area contributed by atoms with Crippen molar-refractivity contribution in [3.63, 3.8) is 0 Å². The molecular formula is C9H7ClF2N4OS. The van der Waals surface area contributed by atoms with Gasteiger partial charge in [0.1, 0.15) is 5.69 Å². The van der Waals surface area contributed by atoms with Gasteiger partial charge < -0.3 is 4.98 Å². The Balaban J connectivity index is 2.39. The van der Waals surface area contributed by atoms with Crippen LogP contribution in [0.1, 0.15) is 17.8 Å². The highest BCUT2D eigenvalue weighted by Crippen LogP contribution is 2.22. The van der Waals surface area contributed by atoms with Gasteiger partial charge in [-0.1, -0.05) is 11.6 Å². The second-order valence-electron chi connectivity index (χ2n) is 3.46. The lowest BCUT2D eigenvalue weighted by atomic mass is 10.4. The smallest absolute Gasteiger partial charge is 0.280 e. The molecular weight excluding hydrogens is 286 g/mol.